The van der Waals surface area contributed by atoms with Gasteiger partial charge >= 0.3 is 11.9 Å². The number of aliphatic hydroxyl groups excluding tert-OH is 4. The summed E-state index contributed by atoms with van der Waals surface area (Å²) in [4.78, 5) is 229. The number of esters is 1. The van der Waals surface area contributed by atoms with Crippen molar-refractivity contribution in [2.24, 2.45) is 76.0 Å². The van der Waals surface area contributed by atoms with Crippen LogP contribution in [0, 0.1) is 47.3 Å². The summed E-state index contributed by atoms with van der Waals surface area (Å²) in [6, 6.07) is -20.1. The molecule has 2 aliphatic heterocycles. The first-order valence-corrected chi connectivity index (χ1v) is 38.5. The van der Waals surface area contributed by atoms with E-state index in [0.29, 0.717) is 6.42 Å². The van der Waals surface area contributed by atoms with Crippen molar-refractivity contribution in [1.29, 1.82) is 0 Å². The second-order valence-electron chi connectivity index (χ2n) is 30.6. The van der Waals surface area contributed by atoms with E-state index in [1.54, 1.807) is 34.6 Å². The van der Waals surface area contributed by atoms with Crippen molar-refractivity contribution in [3.8, 4) is 0 Å². The maximum Gasteiger partial charge on any atom is 0.329 e. The smallest absolute Gasteiger partial charge is 0.329 e. The summed E-state index contributed by atoms with van der Waals surface area (Å²) in [6.07, 6.45) is -11.6. The predicted molar refractivity (Wildman–Crippen MR) is 404 cm³/mol. The summed E-state index contributed by atoms with van der Waals surface area (Å²) < 4.78 is 11.7. The van der Waals surface area contributed by atoms with Gasteiger partial charge in [0.15, 0.2) is 6.10 Å². The number of carboxylic acids is 1. The van der Waals surface area contributed by atoms with E-state index in [4.69, 9.17) is 38.1 Å². The van der Waals surface area contributed by atoms with Gasteiger partial charge in [-0.1, -0.05) is 82.6 Å². The molecule has 2 fully saturated rings. The molecule has 0 aromatic heterocycles. The highest BCUT2D eigenvalue weighted by atomic mass is 16.5. The molecule has 14 amide bonds. The van der Waals surface area contributed by atoms with Crippen molar-refractivity contribution in [3.63, 3.8) is 0 Å². The number of aliphatic carboxylic acids is 1. The maximum atomic E-state index is 15.5. The molecule has 39 heteroatoms. The molecular weight excluding hydrogens is 1470 g/mol. The van der Waals surface area contributed by atoms with Crippen LogP contribution in [-0.4, -0.2) is 267 Å². The van der Waals surface area contributed by atoms with Crippen LogP contribution in [0.15, 0.2) is 0 Å². The highest BCUT2D eigenvalue weighted by Crippen LogP contribution is 2.28. The normalized spacial score (nSPS) is 24.5. The third kappa shape index (κ3) is 30.6. The SMILES string of the molecule is CC[C@@H](C)C[C@@H](C)[C@@H](O)[C@@H](C)C(=O)N[C@H](CCCN)C(=O)N[C@@H](CCC(N)=O)[C@@H](O)[C@@H](O)C(=O)N[C@H](C(=O)N[C@H]1C(=O)N[C@H](CO)C(=O)N[C@H](CCCN)C(=O)N[C@@H](CC(C)C)C(=O)N(C)[C@@H](CCC(N)=O)C(=O)N[C@@H]([C@@H](C)OC)C(=O)N[C@H](CC(=O)O)C(=O)N2CCCC[C@H]2C(=O)O[C@@H]1[C@H](C)C(C)C)[C@@H](C)[C@@H](C)C(N)=O. The Labute approximate surface area is 654 Å². The number of methoxy groups -OCH3 is 1. The van der Waals surface area contributed by atoms with Gasteiger partial charge in [-0.25, -0.2) is 4.79 Å². The molecule has 2 rings (SSSR count). The largest absolute Gasteiger partial charge is 0.481 e. The predicted octanol–water partition coefficient (Wildman–Crippen LogP) is -5.12. The molecule has 0 saturated carbocycles. The molecule has 0 bridgehead atoms. The zero-order valence-electron chi connectivity index (χ0n) is 67.2. The summed E-state index contributed by atoms with van der Waals surface area (Å²) in [5, 5.41) is 78.3. The number of carboxylic acid groups (broad SMARTS) is 1. The molecule has 22 atom stereocenters. The van der Waals surface area contributed by atoms with E-state index < -0.39 is 266 Å². The Kier molecular flexibility index (Phi) is 42.9. The van der Waals surface area contributed by atoms with Crippen molar-refractivity contribution in [3.05, 3.63) is 0 Å². The van der Waals surface area contributed by atoms with E-state index in [9.17, 15) is 83.1 Å². The third-order valence-corrected chi connectivity index (χ3v) is 21.1. The molecule has 0 aliphatic carbocycles. The van der Waals surface area contributed by atoms with Crippen LogP contribution >= 0.6 is 0 Å². The number of fused-ring (bicyclic) bond motifs is 1. The Bertz CT molecular complexity index is 3200. The van der Waals surface area contributed by atoms with Crippen LogP contribution in [0.5, 0.6) is 0 Å². The minimum absolute atomic E-state index is 0.0192. The van der Waals surface area contributed by atoms with E-state index in [0.717, 1.165) is 30.4 Å². The number of carbonyl (C=O) groups is 16. The number of nitrogens with zero attached hydrogens (tertiary/aromatic N) is 2. The highest BCUT2D eigenvalue weighted by Gasteiger charge is 2.48. The lowest BCUT2D eigenvalue weighted by atomic mass is 9.85. The number of carbonyl (C=O) groups excluding carboxylic acids is 15. The van der Waals surface area contributed by atoms with Crippen molar-refractivity contribution in [1.82, 2.24) is 57.7 Å². The van der Waals surface area contributed by atoms with Crippen molar-refractivity contribution < 1.29 is 112 Å². The maximum absolute atomic E-state index is 15.5. The minimum atomic E-state index is -2.69. The van der Waals surface area contributed by atoms with Crippen molar-refractivity contribution >= 4 is 94.6 Å². The molecule has 0 aromatic rings. The quantitative estimate of drug-likeness (QED) is 0.0256. The zero-order chi connectivity index (χ0) is 85.5. The first kappa shape index (κ1) is 99.3. The second kappa shape index (κ2) is 48.3. The van der Waals surface area contributed by atoms with Crippen LogP contribution in [0.4, 0.5) is 0 Å². The van der Waals surface area contributed by atoms with E-state index in [2.05, 4.69) is 47.9 Å². The molecule has 0 aromatic carbocycles. The van der Waals surface area contributed by atoms with Gasteiger partial charge in [-0.2, -0.15) is 0 Å². The van der Waals surface area contributed by atoms with E-state index >= 15 is 19.2 Å². The molecule has 0 spiro atoms. The summed E-state index contributed by atoms with van der Waals surface area (Å²) in [5.41, 5.74) is 28.5. The first-order valence-electron chi connectivity index (χ1n) is 38.5. The van der Waals surface area contributed by atoms with Gasteiger partial charge in [-0.05, 0) is 126 Å². The number of nitrogens with one attached hydrogen (secondary N) is 9. The Morgan fingerprint density at radius 3 is 1.78 bits per heavy atom. The zero-order valence-corrected chi connectivity index (χ0v) is 67.2. The van der Waals surface area contributed by atoms with Gasteiger partial charge < -0.3 is 121 Å². The summed E-state index contributed by atoms with van der Waals surface area (Å²) in [7, 11) is 2.31. The third-order valence-electron chi connectivity index (χ3n) is 21.1. The van der Waals surface area contributed by atoms with Crippen LogP contribution in [0.25, 0.3) is 0 Å². The molecule has 2 saturated heterocycles. The van der Waals surface area contributed by atoms with Crippen LogP contribution in [0.1, 0.15) is 179 Å². The van der Waals surface area contributed by atoms with Crippen LogP contribution < -0.4 is 76.5 Å². The molecule has 24 N–H and O–H groups in total. The lowest BCUT2D eigenvalue weighted by Crippen LogP contribution is -2.65. The second-order valence-corrected chi connectivity index (χ2v) is 30.6. The fraction of sp³-hybridized carbons (Fsp3) is 0.781. The van der Waals surface area contributed by atoms with Gasteiger partial charge in [0.2, 0.25) is 76.8 Å². The van der Waals surface area contributed by atoms with Gasteiger partial charge in [0, 0.05) is 39.5 Å². The number of nitrogens with two attached hydrogens (primary N) is 5. The Balaban J connectivity index is 3.12. The number of amides is 14. The summed E-state index contributed by atoms with van der Waals surface area (Å²) in [6.45, 7) is 17.4. The number of cyclic esters (lactones) is 1. The fourth-order valence-corrected chi connectivity index (χ4v) is 13.1. The highest BCUT2D eigenvalue weighted by molar-refractivity contribution is 6.00. The molecule has 638 valence electrons. The Morgan fingerprint density at radius 1 is 0.643 bits per heavy atom. The number of rotatable bonds is 39. The lowest BCUT2D eigenvalue weighted by Gasteiger charge is -2.39. The summed E-state index contributed by atoms with van der Waals surface area (Å²) in [5.74, 6) is -25.2. The first-order chi connectivity index (χ1) is 52.3. The van der Waals surface area contributed by atoms with Crippen LogP contribution in [-0.2, 0) is 86.2 Å². The number of hydrogen-bond donors (Lipinski definition) is 19. The van der Waals surface area contributed by atoms with Gasteiger partial charge in [-0.3, -0.25) is 71.9 Å². The number of primary amides is 3. The van der Waals surface area contributed by atoms with Gasteiger partial charge in [-0.15, -0.1) is 0 Å². The van der Waals surface area contributed by atoms with Crippen molar-refractivity contribution in [2.75, 3.05) is 40.4 Å². The van der Waals surface area contributed by atoms with Gasteiger partial charge in [0.25, 0.3) is 5.91 Å². The molecular formula is C73H128N16O23. The molecule has 112 heavy (non-hydrogen) atoms. The standard InChI is InChI=1S/C73H128N16O23/c1-15-36(6)31-37(7)57(95)41(11)62(99)80-44(20-18-27-74)63(100)79-43(23-25-51(76)91)58(96)59(97)70(107)85-54(39(9)40(10)61(78)98)67(104)87-56-60(38(8)35(4)5)112-73(110)50-22-16-17-29-89(50)72(109)47(32-53(93)94)83-68(105)55(42(12)111-14)86-66(103)49(24-26-52(77)92)88(13)71(108)46(30-34(2)3)82-64(101)45(21-19-28-75)81-65(102)48(33-90)84-69(56)106/h34-50,54-60,90,95-97H,15-33,74-75H2,1-14H3,(H2,76,91)(H2,77,92)(H2,78,98)(H,79,100)(H,80,99)(H,81,102)(H,82,101)(H,83,105)(H,84,106)(H,85,107)(H,86,103)(H,87,104)(H,93,94)/t36-,37-,38-,39+,40-,41-,42-,43+,44-,45-,46+,47-,48-,49+,50+,54+,55+,56-,57-,58-,59-,60-/m1/s1. The Morgan fingerprint density at radius 2 is 1.23 bits per heavy atom. The van der Waals surface area contributed by atoms with E-state index in [1.165, 1.54) is 34.6 Å². The number of piperidine rings is 1. The van der Waals surface area contributed by atoms with Crippen LogP contribution in [0.3, 0.4) is 0 Å². The summed E-state index contributed by atoms with van der Waals surface area (Å²) >= 11 is 0. The fourth-order valence-electron chi connectivity index (χ4n) is 13.1. The Hall–Kier alpha value is -8.76. The molecule has 39 nitrogen and oxygen atoms in total. The topological polar surface area (TPSA) is 638 Å². The minimum Gasteiger partial charge on any atom is -0.481 e. The number of ether oxygens (including phenoxy) is 2. The average Bonchev–Trinajstić information content (AvgIpc) is 0.850. The lowest BCUT2D eigenvalue weighted by molar-refractivity contribution is -0.168. The van der Waals surface area contributed by atoms with Crippen LogP contribution in [0.2, 0.25) is 0 Å². The number of aliphatic hydroxyl groups is 4. The average molecular weight is 1600 g/mol. The molecule has 2 aliphatic rings. The van der Waals surface area contributed by atoms with Gasteiger partial charge in [0.1, 0.15) is 72.6 Å². The van der Waals surface area contributed by atoms with E-state index in [-0.39, 0.29) is 82.8 Å². The molecule has 2 heterocycles. The number of hydrogen-bond acceptors (Lipinski definition) is 24. The monoisotopic (exact) mass is 1600 g/mol. The molecule has 0 unspecified atom stereocenters. The van der Waals surface area contributed by atoms with E-state index in [1.807, 2.05) is 13.8 Å². The van der Waals surface area contributed by atoms with Gasteiger partial charge in [0.05, 0.1) is 37.2 Å². The number of likely N-dealkylation sites (N-methyl/N-ethyl adjacent to an activating group) is 1. The van der Waals surface area contributed by atoms with Crippen molar-refractivity contribution in [2.45, 2.75) is 276 Å². The molecule has 0 radical (unpaired) electrons.